The first-order valence-corrected chi connectivity index (χ1v) is 9.79. The van der Waals surface area contributed by atoms with Crippen molar-refractivity contribution in [3.05, 3.63) is 27.2 Å². The molecule has 0 radical (unpaired) electrons. The number of hydrogen-bond donors (Lipinski definition) is 0. The van der Waals surface area contributed by atoms with Crippen LogP contribution in [0.2, 0.25) is 23.2 Å². The summed E-state index contributed by atoms with van der Waals surface area (Å²) in [5.74, 6) is 0.574. The maximum Gasteiger partial charge on any atom is 0.250 e. The molecule has 0 saturated carbocycles. The molecule has 0 heterocycles. The van der Waals surface area contributed by atoms with Crippen molar-refractivity contribution in [2.45, 2.75) is 38.9 Å². The van der Waals surface area contributed by atoms with Crippen LogP contribution < -0.4 is 4.43 Å². The first-order chi connectivity index (χ1) is 8.08. The first-order valence-electron chi connectivity index (χ1n) is 5.72. The van der Waals surface area contributed by atoms with Crippen LogP contribution in [0.4, 0.5) is 0 Å². The molecule has 18 heavy (non-hydrogen) atoms. The van der Waals surface area contributed by atoms with E-state index in [2.05, 4.69) is 49.8 Å². The standard InChI is InChI=1S/C13H18BrClO2Si/c1-13(2,3)18(4,5)17-12-7-11(15)10(14)6-9(12)8-16/h6-8H,1-5H3. The number of halogens is 2. The Morgan fingerprint density at radius 3 is 2.33 bits per heavy atom. The molecule has 0 aromatic heterocycles. The third-order valence-electron chi connectivity index (χ3n) is 3.35. The molecular weight excluding hydrogens is 332 g/mol. The molecule has 0 amide bonds. The monoisotopic (exact) mass is 348 g/mol. The minimum atomic E-state index is -1.97. The SMILES string of the molecule is CC(C)(C)[Si](C)(C)Oc1cc(Cl)c(Br)cc1C=O. The molecular formula is C13H18BrClO2Si. The van der Waals surface area contributed by atoms with Gasteiger partial charge in [0.1, 0.15) is 5.75 Å². The van der Waals surface area contributed by atoms with Gasteiger partial charge in [0.25, 0.3) is 8.32 Å². The van der Waals surface area contributed by atoms with Gasteiger partial charge < -0.3 is 4.43 Å². The third-order valence-corrected chi connectivity index (χ3v) is 8.89. The lowest BCUT2D eigenvalue weighted by molar-refractivity contribution is 0.112. The van der Waals surface area contributed by atoms with E-state index < -0.39 is 8.32 Å². The van der Waals surface area contributed by atoms with Gasteiger partial charge in [-0.1, -0.05) is 32.4 Å². The zero-order chi connectivity index (χ0) is 14.1. The average Bonchev–Trinajstić information content (AvgIpc) is 2.21. The topological polar surface area (TPSA) is 26.3 Å². The van der Waals surface area contributed by atoms with Crippen LogP contribution in [0, 0.1) is 0 Å². The van der Waals surface area contributed by atoms with Crippen LogP contribution in [0.15, 0.2) is 16.6 Å². The summed E-state index contributed by atoms with van der Waals surface area (Å²) >= 11 is 9.36. The number of carbonyl (C=O) groups excluding carboxylic acids is 1. The second-order valence-electron chi connectivity index (χ2n) is 5.78. The lowest BCUT2D eigenvalue weighted by atomic mass is 10.2. The maximum absolute atomic E-state index is 11.1. The molecule has 2 nitrogen and oxygen atoms in total. The first kappa shape index (κ1) is 15.7. The van der Waals surface area contributed by atoms with Crippen molar-refractivity contribution in [3.63, 3.8) is 0 Å². The van der Waals surface area contributed by atoms with Crippen LogP contribution in [0.25, 0.3) is 0 Å². The Bertz CT molecular complexity index is 467. The second kappa shape index (κ2) is 5.35. The van der Waals surface area contributed by atoms with E-state index in [4.69, 9.17) is 16.0 Å². The van der Waals surface area contributed by atoms with Gasteiger partial charge in [-0.15, -0.1) is 0 Å². The number of aldehydes is 1. The van der Waals surface area contributed by atoms with Gasteiger partial charge in [-0.3, -0.25) is 4.79 Å². The van der Waals surface area contributed by atoms with Crippen molar-refractivity contribution in [1.82, 2.24) is 0 Å². The highest BCUT2D eigenvalue weighted by Gasteiger charge is 2.39. The van der Waals surface area contributed by atoms with Crippen molar-refractivity contribution in [2.75, 3.05) is 0 Å². The zero-order valence-electron chi connectivity index (χ0n) is 11.3. The fraction of sp³-hybridized carbons (Fsp3) is 0.462. The summed E-state index contributed by atoms with van der Waals surface area (Å²) < 4.78 is 6.83. The van der Waals surface area contributed by atoms with Crippen LogP contribution in [0.1, 0.15) is 31.1 Å². The smallest absolute Gasteiger partial charge is 0.250 e. The molecule has 0 aliphatic heterocycles. The van der Waals surface area contributed by atoms with Crippen LogP contribution in [0.3, 0.4) is 0 Å². The Morgan fingerprint density at radius 1 is 1.33 bits per heavy atom. The summed E-state index contributed by atoms with van der Waals surface area (Å²) in [6.45, 7) is 10.7. The van der Waals surface area contributed by atoms with Crippen molar-refractivity contribution in [2.24, 2.45) is 0 Å². The van der Waals surface area contributed by atoms with Crippen LogP contribution in [-0.4, -0.2) is 14.6 Å². The van der Waals surface area contributed by atoms with Crippen LogP contribution >= 0.6 is 27.5 Å². The Balaban J connectivity index is 3.19. The molecule has 0 N–H and O–H groups in total. The maximum atomic E-state index is 11.1. The zero-order valence-corrected chi connectivity index (χ0v) is 14.6. The number of rotatable bonds is 3. The quantitative estimate of drug-likeness (QED) is 0.547. The molecule has 0 fully saturated rings. The number of benzene rings is 1. The van der Waals surface area contributed by atoms with Crippen molar-refractivity contribution in [3.8, 4) is 5.75 Å². The van der Waals surface area contributed by atoms with Crippen LogP contribution in [-0.2, 0) is 0 Å². The van der Waals surface area contributed by atoms with E-state index in [1.807, 2.05) is 0 Å². The highest BCUT2D eigenvalue weighted by molar-refractivity contribution is 9.10. The molecule has 1 rings (SSSR count). The van der Waals surface area contributed by atoms with E-state index in [-0.39, 0.29) is 5.04 Å². The molecule has 5 heteroatoms. The number of carbonyl (C=O) groups is 1. The molecule has 0 unspecified atom stereocenters. The minimum Gasteiger partial charge on any atom is -0.543 e. The molecule has 0 spiro atoms. The van der Waals surface area contributed by atoms with Gasteiger partial charge in [0.05, 0.1) is 10.6 Å². The average molecular weight is 350 g/mol. The molecule has 0 aliphatic rings. The predicted octanol–water partition coefficient (Wildman–Crippen LogP) is 5.30. The molecule has 0 aliphatic carbocycles. The van der Waals surface area contributed by atoms with E-state index in [9.17, 15) is 4.79 Å². The third kappa shape index (κ3) is 3.37. The van der Waals surface area contributed by atoms with E-state index in [0.29, 0.717) is 20.8 Å². The van der Waals surface area contributed by atoms with E-state index in [0.717, 1.165) is 6.29 Å². The van der Waals surface area contributed by atoms with Crippen LogP contribution in [0.5, 0.6) is 5.75 Å². The Labute approximate surface area is 123 Å². The van der Waals surface area contributed by atoms with Crippen molar-refractivity contribution < 1.29 is 9.22 Å². The Hall–Kier alpha value is -0.323. The van der Waals surface area contributed by atoms with Gasteiger partial charge in [0.15, 0.2) is 6.29 Å². The highest BCUT2D eigenvalue weighted by Crippen LogP contribution is 2.39. The summed E-state index contributed by atoms with van der Waals surface area (Å²) in [5, 5.41) is 0.626. The second-order valence-corrected chi connectivity index (χ2v) is 11.8. The van der Waals surface area contributed by atoms with E-state index in [1.165, 1.54) is 0 Å². The number of hydrogen-bond acceptors (Lipinski definition) is 2. The van der Waals surface area contributed by atoms with Gasteiger partial charge in [0.2, 0.25) is 0 Å². The molecule has 0 atom stereocenters. The fourth-order valence-corrected chi connectivity index (χ4v) is 2.70. The van der Waals surface area contributed by atoms with Gasteiger partial charge in [-0.2, -0.15) is 0 Å². The summed E-state index contributed by atoms with van der Waals surface area (Å²) in [6.07, 6.45) is 0.795. The van der Waals surface area contributed by atoms with E-state index >= 15 is 0 Å². The predicted molar refractivity (Wildman–Crippen MR) is 82.4 cm³/mol. The van der Waals surface area contributed by atoms with Gasteiger partial charge >= 0.3 is 0 Å². The Morgan fingerprint density at radius 2 is 1.89 bits per heavy atom. The lowest BCUT2D eigenvalue weighted by Crippen LogP contribution is -2.44. The van der Waals surface area contributed by atoms with Gasteiger partial charge in [0, 0.05) is 4.47 Å². The molecule has 1 aromatic carbocycles. The highest BCUT2D eigenvalue weighted by atomic mass is 79.9. The molecule has 1 aromatic rings. The largest absolute Gasteiger partial charge is 0.543 e. The van der Waals surface area contributed by atoms with Crippen molar-refractivity contribution >= 4 is 42.1 Å². The summed E-state index contributed by atoms with van der Waals surface area (Å²) in [5.41, 5.74) is 0.524. The summed E-state index contributed by atoms with van der Waals surface area (Å²) in [7, 11) is -1.97. The Kier molecular flexibility index (Phi) is 4.68. The van der Waals surface area contributed by atoms with E-state index in [1.54, 1.807) is 12.1 Å². The fourth-order valence-electron chi connectivity index (χ4n) is 1.15. The lowest BCUT2D eigenvalue weighted by Gasteiger charge is -2.36. The van der Waals surface area contributed by atoms with Crippen molar-refractivity contribution in [1.29, 1.82) is 0 Å². The van der Waals surface area contributed by atoms with Gasteiger partial charge in [-0.25, -0.2) is 0 Å². The van der Waals surface area contributed by atoms with Gasteiger partial charge in [-0.05, 0) is 46.2 Å². The molecule has 0 saturated heterocycles. The molecule has 0 bridgehead atoms. The summed E-state index contributed by atoms with van der Waals surface area (Å²) in [6, 6.07) is 3.40. The molecule has 100 valence electrons. The summed E-state index contributed by atoms with van der Waals surface area (Å²) in [4.78, 5) is 11.1. The normalized spacial score (nSPS) is 12.4. The minimum absolute atomic E-state index is 0.0761.